The summed E-state index contributed by atoms with van der Waals surface area (Å²) < 4.78 is 26.5. The van der Waals surface area contributed by atoms with Crippen molar-refractivity contribution in [2.45, 2.75) is 24.8 Å². The van der Waals surface area contributed by atoms with Crippen molar-refractivity contribution in [3.63, 3.8) is 0 Å². The highest BCUT2D eigenvalue weighted by molar-refractivity contribution is 7.98. The van der Waals surface area contributed by atoms with Gasteiger partial charge in [0.1, 0.15) is 6.61 Å². The molecule has 4 nitrogen and oxygen atoms in total. The molecule has 1 aromatic carbocycles. The van der Waals surface area contributed by atoms with E-state index >= 15 is 0 Å². The molecule has 1 rings (SSSR count). The highest BCUT2D eigenvalue weighted by Crippen LogP contribution is 2.20. The molecule has 0 amide bonds. The van der Waals surface area contributed by atoms with E-state index in [1.54, 1.807) is 37.0 Å². The smallest absolute Gasteiger partial charge is 0.243 e. The first-order chi connectivity index (χ1) is 9.84. The molecule has 0 aromatic heterocycles. The van der Waals surface area contributed by atoms with Gasteiger partial charge in [-0.1, -0.05) is 11.8 Å². The van der Waals surface area contributed by atoms with Crippen LogP contribution in [0.5, 0.6) is 0 Å². The molecule has 21 heavy (non-hydrogen) atoms. The lowest BCUT2D eigenvalue weighted by Crippen LogP contribution is -2.36. The van der Waals surface area contributed by atoms with Crippen LogP contribution >= 0.6 is 11.8 Å². The van der Waals surface area contributed by atoms with Crippen molar-refractivity contribution >= 4 is 21.8 Å². The topological polar surface area (TPSA) is 57.6 Å². The number of benzene rings is 1. The minimum absolute atomic E-state index is 0.0702. The predicted molar refractivity (Wildman–Crippen MR) is 87.9 cm³/mol. The van der Waals surface area contributed by atoms with E-state index in [1.165, 1.54) is 4.31 Å². The monoisotopic (exact) mass is 327 g/mol. The van der Waals surface area contributed by atoms with Crippen LogP contribution in [0, 0.1) is 18.8 Å². The molecular formula is C15H21NO3S2. The summed E-state index contributed by atoms with van der Waals surface area (Å²) in [6, 6.07) is 4.79. The van der Waals surface area contributed by atoms with Gasteiger partial charge in [0.2, 0.25) is 10.0 Å². The Kier molecular flexibility index (Phi) is 6.75. The molecule has 0 spiro atoms. The van der Waals surface area contributed by atoms with Crippen molar-refractivity contribution < 1.29 is 13.5 Å². The zero-order valence-corrected chi connectivity index (χ0v) is 14.4. The highest BCUT2D eigenvalue weighted by atomic mass is 32.2. The zero-order valence-electron chi connectivity index (χ0n) is 12.8. The Balaban J connectivity index is 3.12. The Morgan fingerprint density at radius 2 is 2.10 bits per heavy atom. The molecule has 0 fully saturated rings. The van der Waals surface area contributed by atoms with Gasteiger partial charge in [0.25, 0.3) is 0 Å². The lowest BCUT2D eigenvalue weighted by molar-refractivity contribution is 0.350. The van der Waals surface area contributed by atoms with Crippen LogP contribution < -0.4 is 0 Å². The maximum absolute atomic E-state index is 12.6. The van der Waals surface area contributed by atoms with Crippen LogP contribution in [0.3, 0.4) is 0 Å². The SMILES string of the molecule is CSCC(C)N(C)S(=O)(=O)c1ccc(C#CCO)c(C)c1. The molecule has 0 aliphatic rings. The number of sulfonamides is 1. The third-order valence-corrected chi connectivity index (χ3v) is 5.99. The molecule has 116 valence electrons. The van der Waals surface area contributed by atoms with E-state index in [2.05, 4.69) is 11.8 Å². The average molecular weight is 327 g/mol. The van der Waals surface area contributed by atoms with Gasteiger partial charge < -0.3 is 5.11 Å². The van der Waals surface area contributed by atoms with Gasteiger partial charge in [0.05, 0.1) is 4.90 Å². The molecule has 1 N–H and O–H groups in total. The van der Waals surface area contributed by atoms with Crippen LogP contribution in [-0.2, 0) is 10.0 Å². The standard InChI is InChI=1S/C15H21NO3S2/c1-12-10-15(8-7-14(12)6-5-9-17)21(18,19)16(3)13(2)11-20-4/h7-8,10,13,17H,9,11H2,1-4H3. The van der Waals surface area contributed by atoms with E-state index in [0.717, 1.165) is 16.9 Å². The zero-order chi connectivity index (χ0) is 16.0. The van der Waals surface area contributed by atoms with E-state index < -0.39 is 10.0 Å². The van der Waals surface area contributed by atoms with Crippen LogP contribution in [0.2, 0.25) is 0 Å². The van der Waals surface area contributed by atoms with Crippen LogP contribution in [0.25, 0.3) is 0 Å². The van der Waals surface area contributed by atoms with Crippen molar-refractivity contribution in [1.82, 2.24) is 4.31 Å². The number of thioether (sulfide) groups is 1. The number of aryl methyl sites for hydroxylation is 1. The molecule has 1 aromatic rings. The molecule has 1 atom stereocenters. The highest BCUT2D eigenvalue weighted by Gasteiger charge is 2.25. The Morgan fingerprint density at radius 3 is 2.62 bits per heavy atom. The van der Waals surface area contributed by atoms with Crippen molar-refractivity contribution in [2.24, 2.45) is 0 Å². The summed E-state index contributed by atoms with van der Waals surface area (Å²) in [4.78, 5) is 0.269. The predicted octanol–water partition coefficient (Wildman–Crippen LogP) is 1.71. The fourth-order valence-corrected chi connectivity index (χ4v) is 4.07. The van der Waals surface area contributed by atoms with Gasteiger partial charge in [0, 0.05) is 24.4 Å². The van der Waals surface area contributed by atoms with Crippen LogP contribution in [0.4, 0.5) is 0 Å². The molecule has 0 saturated carbocycles. The third-order valence-electron chi connectivity index (χ3n) is 3.21. The first kappa shape index (κ1) is 18.1. The Labute approximate surface area is 131 Å². The molecule has 0 aliphatic heterocycles. The van der Waals surface area contributed by atoms with Crippen molar-refractivity contribution in [3.05, 3.63) is 29.3 Å². The number of aliphatic hydroxyl groups is 1. The maximum Gasteiger partial charge on any atom is 0.243 e. The van der Waals surface area contributed by atoms with E-state index in [-0.39, 0.29) is 17.5 Å². The molecule has 0 bridgehead atoms. The summed E-state index contributed by atoms with van der Waals surface area (Å²) in [6.07, 6.45) is 1.95. The van der Waals surface area contributed by atoms with Crippen molar-refractivity contribution in [3.8, 4) is 11.8 Å². The summed E-state index contributed by atoms with van der Waals surface area (Å²) in [5.74, 6) is 6.11. The molecule has 1 unspecified atom stereocenters. The number of aliphatic hydroxyl groups excluding tert-OH is 1. The lowest BCUT2D eigenvalue weighted by atomic mass is 10.1. The summed E-state index contributed by atoms with van der Waals surface area (Å²) in [6.45, 7) is 3.49. The fourth-order valence-electron chi connectivity index (χ4n) is 1.82. The first-order valence-electron chi connectivity index (χ1n) is 6.52. The quantitative estimate of drug-likeness (QED) is 0.837. The van der Waals surface area contributed by atoms with Gasteiger partial charge in [0.15, 0.2) is 0 Å². The van der Waals surface area contributed by atoms with Crippen LogP contribution in [-0.4, -0.2) is 49.5 Å². The second-order valence-corrected chi connectivity index (χ2v) is 7.67. The largest absolute Gasteiger partial charge is 0.384 e. The Bertz CT molecular complexity index is 645. The molecule has 0 heterocycles. The summed E-state index contributed by atoms with van der Waals surface area (Å²) in [7, 11) is -1.90. The van der Waals surface area contributed by atoms with Crippen LogP contribution in [0.15, 0.2) is 23.1 Å². The van der Waals surface area contributed by atoms with Gasteiger partial charge in [-0.05, 0) is 43.9 Å². The number of nitrogens with zero attached hydrogens (tertiary/aromatic N) is 1. The molecule has 0 aliphatic carbocycles. The van der Waals surface area contributed by atoms with E-state index in [4.69, 9.17) is 5.11 Å². The Morgan fingerprint density at radius 1 is 1.43 bits per heavy atom. The van der Waals surface area contributed by atoms with Gasteiger partial charge in [-0.25, -0.2) is 8.42 Å². The normalized spacial score (nSPS) is 12.9. The Hall–Kier alpha value is -1.00. The molecule has 6 heteroatoms. The van der Waals surface area contributed by atoms with Gasteiger partial charge in [-0.3, -0.25) is 0 Å². The van der Waals surface area contributed by atoms with Gasteiger partial charge >= 0.3 is 0 Å². The molecule has 0 radical (unpaired) electrons. The number of rotatable bonds is 5. The first-order valence-corrected chi connectivity index (χ1v) is 9.35. The summed E-state index contributed by atoms with van der Waals surface area (Å²) in [5.41, 5.74) is 1.51. The van der Waals surface area contributed by atoms with E-state index in [1.807, 2.05) is 20.1 Å². The molecule has 0 saturated heterocycles. The van der Waals surface area contributed by atoms with E-state index in [9.17, 15) is 8.42 Å². The number of hydrogen-bond donors (Lipinski definition) is 1. The lowest BCUT2D eigenvalue weighted by Gasteiger charge is -2.24. The summed E-state index contributed by atoms with van der Waals surface area (Å²) in [5, 5.41) is 8.71. The minimum Gasteiger partial charge on any atom is -0.384 e. The van der Waals surface area contributed by atoms with Crippen LogP contribution in [0.1, 0.15) is 18.1 Å². The number of hydrogen-bond acceptors (Lipinski definition) is 4. The van der Waals surface area contributed by atoms with E-state index in [0.29, 0.717) is 0 Å². The van der Waals surface area contributed by atoms with Gasteiger partial charge in [-0.2, -0.15) is 16.1 Å². The van der Waals surface area contributed by atoms with Crippen molar-refractivity contribution in [1.29, 1.82) is 0 Å². The average Bonchev–Trinajstić information content (AvgIpc) is 2.45. The minimum atomic E-state index is -3.50. The second-order valence-electron chi connectivity index (χ2n) is 4.76. The molecular weight excluding hydrogens is 306 g/mol. The van der Waals surface area contributed by atoms with Gasteiger partial charge in [-0.15, -0.1) is 0 Å². The summed E-state index contributed by atoms with van der Waals surface area (Å²) >= 11 is 1.62. The third kappa shape index (κ3) is 4.48. The second kappa shape index (κ2) is 7.85. The maximum atomic E-state index is 12.6. The fraction of sp³-hybridized carbons (Fsp3) is 0.467. The van der Waals surface area contributed by atoms with Crippen molar-refractivity contribution in [2.75, 3.05) is 25.7 Å².